The number of ketones is 1. The molecule has 0 aliphatic heterocycles. The van der Waals surface area contributed by atoms with Crippen molar-refractivity contribution in [2.75, 3.05) is 6.61 Å². The van der Waals surface area contributed by atoms with Crippen LogP contribution in [0.1, 0.15) is 72.3 Å². The van der Waals surface area contributed by atoms with Crippen LogP contribution in [0.3, 0.4) is 0 Å². The fraction of sp³-hybridized carbons (Fsp3) is 0.692. The first-order valence-electron chi connectivity index (χ1n) is 11.9. The van der Waals surface area contributed by atoms with E-state index in [0.717, 1.165) is 24.3 Å². The molecule has 0 aromatic heterocycles. The molecule has 33 heavy (non-hydrogen) atoms. The predicted molar refractivity (Wildman–Crippen MR) is 126 cm³/mol. The van der Waals surface area contributed by atoms with Crippen LogP contribution in [0.15, 0.2) is 29.2 Å². The fourth-order valence-corrected chi connectivity index (χ4v) is 6.46. The van der Waals surface area contributed by atoms with Crippen molar-refractivity contribution >= 4 is 21.9 Å². The average Bonchev–Trinajstić information content (AvgIpc) is 2.71. The van der Waals surface area contributed by atoms with E-state index in [1.54, 1.807) is 12.1 Å². The highest BCUT2D eigenvalue weighted by Gasteiger charge is 2.48. The lowest BCUT2D eigenvalue weighted by atomic mass is 9.62. The molecule has 184 valence electrons. The zero-order valence-electron chi connectivity index (χ0n) is 20.7. The number of aryl methyl sites for hydroxylation is 1. The standard InChI is InChI=1S/C26H38O6S/c1-17-7-9-23(10-8-17)33(29,30)31-16-26(6,19(3)27)24(28)32-25(4,5)22-14-20-11-18(2)12-21(13-20)15-22/h7-10,18,20-22H,11-16H2,1-6H3. The zero-order valence-corrected chi connectivity index (χ0v) is 21.5. The lowest BCUT2D eigenvalue weighted by molar-refractivity contribution is -0.179. The van der Waals surface area contributed by atoms with Gasteiger partial charge in [0.2, 0.25) is 0 Å². The molecule has 2 fully saturated rings. The molecule has 2 aliphatic carbocycles. The van der Waals surface area contributed by atoms with Gasteiger partial charge in [0.1, 0.15) is 16.8 Å². The third kappa shape index (κ3) is 5.86. The summed E-state index contributed by atoms with van der Waals surface area (Å²) >= 11 is 0. The molecule has 0 N–H and O–H groups in total. The van der Waals surface area contributed by atoms with Crippen molar-refractivity contribution < 1.29 is 26.9 Å². The van der Waals surface area contributed by atoms with E-state index in [1.165, 1.54) is 45.2 Å². The molecule has 0 radical (unpaired) electrons. The van der Waals surface area contributed by atoms with Gasteiger partial charge in [-0.05, 0) is 103 Å². The largest absolute Gasteiger partial charge is 0.459 e. The molecule has 0 amide bonds. The van der Waals surface area contributed by atoms with Gasteiger partial charge in [0, 0.05) is 0 Å². The summed E-state index contributed by atoms with van der Waals surface area (Å²) in [4.78, 5) is 25.7. The molecule has 7 heteroatoms. The summed E-state index contributed by atoms with van der Waals surface area (Å²) < 4.78 is 36.4. The number of fused-ring (bicyclic) bond motifs is 2. The Balaban J connectivity index is 1.71. The minimum atomic E-state index is -4.12. The number of Topliss-reactive ketones (excluding diaryl/α,β-unsaturated/α-hetero) is 1. The molecule has 2 aliphatic rings. The van der Waals surface area contributed by atoms with Crippen LogP contribution in [-0.4, -0.2) is 32.4 Å². The molecule has 2 saturated carbocycles. The van der Waals surface area contributed by atoms with Gasteiger partial charge in [-0.15, -0.1) is 0 Å². The fourth-order valence-electron chi connectivity index (χ4n) is 5.46. The second-order valence-electron chi connectivity index (χ2n) is 11.1. The van der Waals surface area contributed by atoms with Crippen molar-refractivity contribution in [3.63, 3.8) is 0 Å². The van der Waals surface area contributed by atoms with Gasteiger partial charge in [-0.25, -0.2) is 0 Å². The molecule has 0 heterocycles. The monoisotopic (exact) mass is 478 g/mol. The lowest BCUT2D eigenvalue weighted by Gasteiger charge is -2.47. The van der Waals surface area contributed by atoms with Gasteiger partial charge in [0.05, 0.1) is 11.5 Å². The molecule has 1 aromatic rings. The van der Waals surface area contributed by atoms with Crippen LogP contribution in [0, 0.1) is 36.0 Å². The second-order valence-corrected chi connectivity index (χ2v) is 12.7. The van der Waals surface area contributed by atoms with Crippen LogP contribution in [0.5, 0.6) is 0 Å². The van der Waals surface area contributed by atoms with Crippen LogP contribution in [0.25, 0.3) is 0 Å². The maximum atomic E-state index is 13.2. The maximum Gasteiger partial charge on any atom is 0.322 e. The highest BCUT2D eigenvalue weighted by molar-refractivity contribution is 7.86. The summed E-state index contributed by atoms with van der Waals surface area (Å²) in [7, 11) is -4.12. The highest BCUT2D eigenvalue weighted by Crippen LogP contribution is 2.48. The van der Waals surface area contributed by atoms with Gasteiger partial charge in [0.25, 0.3) is 10.1 Å². The summed E-state index contributed by atoms with van der Waals surface area (Å²) in [6.45, 7) is 10.0. The van der Waals surface area contributed by atoms with Gasteiger partial charge in [-0.3, -0.25) is 13.8 Å². The third-order valence-corrected chi connectivity index (χ3v) is 9.03. The predicted octanol–water partition coefficient (Wildman–Crippen LogP) is 5.08. The smallest absolute Gasteiger partial charge is 0.322 e. The minimum absolute atomic E-state index is 0.0179. The van der Waals surface area contributed by atoms with E-state index in [9.17, 15) is 18.0 Å². The van der Waals surface area contributed by atoms with Gasteiger partial charge in [-0.1, -0.05) is 24.6 Å². The van der Waals surface area contributed by atoms with E-state index in [2.05, 4.69) is 6.92 Å². The van der Waals surface area contributed by atoms with Crippen molar-refractivity contribution in [1.29, 1.82) is 0 Å². The first-order chi connectivity index (χ1) is 15.2. The number of hydrogen-bond acceptors (Lipinski definition) is 6. The van der Waals surface area contributed by atoms with Crippen LogP contribution in [0.2, 0.25) is 0 Å². The molecule has 3 unspecified atom stereocenters. The molecule has 1 aromatic carbocycles. The number of esters is 1. The Morgan fingerprint density at radius 3 is 2.03 bits per heavy atom. The molecule has 6 nitrogen and oxygen atoms in total. The molecule has 2 bridgehead atoms. The van der Waals surface area contributed by atoms with Crippen molar-refractivity contribution in [2.24, 2.45) is 29.1 Å². The summed E-state index contributed by atoms with van der Waals surface area (Å²) in [5.41, 5.74) is -1.55. The van der Waals surface area contributed by atoms with E-state index >= 15 is 0 Å². The first kappa shape index (κ1) is 25.9. The number of benzene rings is 1. The summed E-state index contributed by atoms with van der Waals surface area (Å²) in [6.07, 6.45) is 5.70. The van der Waals surface area contributed by atoms with Crippen molar-refractivity contribution in [3.8, 4) is 0 Å². The SMILES string of the molecule is CC(=O)C(C)(COS(=O)(=O)c1ccc(C)cc1)C(=O)OC(C)(C)C1CC2CC(C)CC(C2)C1. The Morgan fingerprint density at radius 2 is 1.52 bits per heavy atom. The van der Waals surface area contributed by atoms with E-state index in [4.69, 9.17) is 8.92 Å². The molecule has 3 atom stereocenters. The van der Waals surface area contributed by atoms with Crippen LogP contribution < -0.4 is 0 Å². The molecule has 3 rings (SSSR count). The summed E-state index contributed by atoms with van der Waals surface area (Å²) in [5.74, 6) is 1.04. The zero-order chi connectivity index (χ0) is 24.6. The van der Waals surface area contributed by atoms with E-state index < -0.39 is 39.5 Å². The lowest BCUT2D eigenvalue weighted by Crippen LogP contribution is -2.48. The maximum absolute atomic E-state index is 13.2. The Kier molecular flexibility index (Phi) is 7.45. The van der Waals surface area contributed by atoms with Crippen molar-refractivity contribution in [1.82, 2.24) is 0 Å². The Morgan fingerprint density at radius 1 is 0.970 bits per heavy atom. The summed E-state index contributed by atoms with van der Waals surface area (Å²) in [5, 5.41) is 0. The van der Waals surface area contributed by atoms with E-state index in [0.29, 0.717) is 11.8 Å². The number of carbonyl (C=O) groups excluding carboxylic acids is 2. The van der Waals surface area contributed by atoms with Crippen molar-refractivity contribution in [3.05, 3.63) is 29.8 Å². The highest BCUT2D eigenvalue weighted by atomic mass is 32.2. The van der Waals surface area contributed by atoms with Gasteiger partial charge in [-0.2, -0.15) is 8.42 Å². The van der Waals surface area contributed by atoms with Gasteiger partial charge >= 0.3 is 5.97 Å². The second kappa shape index (κ2) is 9.49. The third-order valence-electron chi connectivity index (χ3n) is 7.75. The summed E-state index contributed by atoms with van der Waals surface area (Å²) in [6, 6.07) is 6.21. The minimum Gasteiger partial charge on any atom is -0.459 e. The average molecular weight is 479 g/mol. The molecule has 0 saturated heterocycles. The first-order valence-corrected chi connectivity index (χ1v) is 13.3. The van der Waals surface area contributed by atoms with Crippen LogP contribution in [0.4, 0.5) is 0 Å². The van der Waals surface area contributed by atoms with Crippen LogP contribution >= 0.6 is 0 Å². The number of ether oxygens (including phenoxy) is 1. The number of rotatable bonds is 8. The molecular formula is C26H38O6S. The Bertz CT molecular complexity index is 963. The number of carbonyl (C=O) groups is 2. The number of hydrogen-bond donors (Lipinski definition) is 0. The Hall–Kier alpha value is -1.73. The van der Waals surface area contributed by atoms with E-state index in [1.807, 2.05) is 20.8 Å². The molecule has 0 spiro atoms. The quantitative estimate of drug-likeness (QED) is 0.294. The Labute approximate surface area is 198 Å². The van der Waals surface area contributed by atoms with Gasteiger partial charge in [0.15, 0.2) is 0 Å². The topological polar surface area (TPSA) is 86.7 Å². The van der Waals surface area contributed by atoms with Crippen LogP contribution in [-0.2, 0) is 28.6 Å². The normalized spacial score (nSPS) is 27.5. The molecular weight excluding hydrogens is 440 g/mol. The van der Waals surface area contributed by atoms with Crippen molar-refractivity contribution in [2.45, 2.75) is 84.1 Å². The van der Waals surface area contributed by atoms with E-state index in [-0.39, 0.29) is 10.8 Å². The van der Waals surface area contributed by atoms with Gasteiger partial charge < -0.3 is 4.74 Å².